The first-order chi connectivity index (χ1) is 10.5. The van der Waals surface area contributed by atoms with Crippen LogP contribution in [0.2, 0.25) is 0 Å². The molecule has 1 aromatic carbocycles. The Hall–Kier alpha value is -1.60. The molecule has 22 heavy (non-hydrogen) atoms. The van der Waals surface area contributed by atoms with Gasteiger partial charge in [-0.15, -0.1) is 11.3 Å². The maximum atomic E-state index is 11.6. The number of hydrogen-bond acceptors (Lipinski definition) is 6. The van der Waals surface area contributed by atoms with Gasteiger partial charge in [0.25, 0.3) is 5.91 Å². The molecule has 1 heterocycles. The van der Waals surface area contributed by atoms with E-state index in [9.17, 15) is 9.59 Å². The molecule has 118 valence electrons. The van der Waals surface area contributed by atoms with E-state index in [1.165, 1.54) is 11.8 Å². The van der Waals surface area contributed by atoms with Crippen LogP contribution in [-0.4, -0.2) is 35.3 Å². The van der Waals surface area contributed by atoms with Crippen LogP contribution in [0.1, 0.15) is 20.3 Å². The lowest BCUT2D eigenvalue weighted by Crippen LogP contribution is -2.34. The fraction of sp³-hybridized carbons (Fsp3) is 0.400. The molecule has 0 aliphatic carbocycles. The third-order valence-corrected chi connectivity index (χ3v) is 4.80. The molecule has 1 amide bonds. The van der Waals surface area contributed by atoms with E-state index < -0.39 is 0 Å². The van der Waals surface area contributed by atoms with E-state index in [4.69, 9.17) is 4.74 Å². The first-order valence-electron chi connectivity index (χ1n) is 6.98. The molecular weight excluding hydrogens is 320 g/mol. The van der Waals surface area contributed by atoms with Gasteiger partial charge < -0.3 is 10.1 Å². The second-order valence-corrected chi connectivity index (χ2v) is 7.30. The summed E-state index contributed by atoms with van der Waals surface area (Å²) in [5.41, 5.74) is 0.975. The number of benzene rings is 1. The highest BCUT2D eigenvalue weighted by Gasteiger charge is 2.09. The number of thioether (sulfide) groups is 1. The zero-order chi connectivity index (χ0) is 15.9. The van der Waals surface area contributed by atoms with Crippen LogP contribution in [0.5, 0.6) is 0 Å². The smallest absolute Gasteiger partial charge is 0.307 e. The number of hydrogen-bond donors (Lipinski definition) is 1. The topological polar surface area (TPSA) is 68.3 Å². The van der Waals surface area contributed by atoms with Gasteiger partial charge in [-0.3, -0.25) is 9.59 Å². The molecule has 2 rings (SSSR count). The summed E-state index contributed by atoms with van der Waals surface area (Å²) < 4.78 is 6.99. The van der Waals surface area contributed by atoms with Crippen LogP contribution in [-0.2, 0) is 14.3 Å². The van der Waals surface area contributed by atoms with Gasteiger partial charge in [-0.2, -0.15) is 0 Å². The molecule has 0 saturated heterocycles. The predicted octanol–water partition coefficient (Wildman–Crippen LogP) is 2.85. The second-order valence-electron chi connectivity index (χ2n) is 4.93. The van der Waals surface area contributed by atoms with Crippen LogP contribution in [0.15, 0.2) is 28.6 Å². The van der Waals surface area contributed by atoms with Gasteiger partial charge in [0.1, 0.15) is 0 Å². The van der Waals surface area contributed by atoms with E-state index >= 15 is 0 Å². The Kier molecular flexibility index (Phi) is 6.21. The summed E-state index contributed by atoms with van der Waals surface area (Å²) in [7, 11) is 0. The lowest BCUT2D eigenvalue weighted by Gasteiger charge is -2.08. The van der Waals surface area contributed by atoms with Crippen molar-refractivity contribution in [2.45, 2.75) is 30.6 Å². The number of nitrogens with one attached hydrogen (secondary N) is 1. The van der Waals surface area contributed by atoms with Crippen molar-refractivity contribution in [1.82, 2.24) is 10.3 Å². The van der Waals surface area contributed by atoms with Crippen molar-refractivity contribution < 1.29 is 14.3 Å². The number of amides is 1. The summed E-state index contributed by atoms with van der Waals surface area (Å²) in [6, 6.07) is 7.97. The van der Waals surface area contributed by atoms with Crippen LogP contribution in [0, 0.1) is 0 Å². The van der Waals surface area contributed by atoms with Gasteiger partial charge in [0, 0.05) is 11.8 Å². The molecule has 0 spiro atoms. The van der Waals surface area contributed by atoms with Gasteiger partial charge in [0.15, 0.2) is 10.9 Å². The molecule has 0 aliphatic heterocycles. The predicted molar refractivity (Wildman–Crippen MR) is 89.2 cm³/mol. The number of para-hydroxylation sites is 1. The Morgan fingerprint density at radius 1 is 1.36 bits per heavy atom. The van der Waals surface area contributed by atoms with Crippen molar-refractivity contribution in [3.8, 4) is 0 Å². The van der Waals surface area contributed by atoms with Crippen molar-refractivity contribution >= 4 is 45.2 Å². The number of carbonyl (C=O) groups excluding carboxylic acids is 2. The summed E-state index contributed by atoms with van der Waals surface area (Å²) in [6.07, 6.45) is 0.259. The zero-order valence-corrected chi connectivity index (χ0v) is 14.1. The molecule has 1 N–H and O–H groups in total. The van der Waals surface area contributed by atoms with Crippen molar-refractivity contribution in [3.63, 3.8) is 0 Å². The lowest BCUT2D eigenvalue weighted by molar-refractivity contribution is -0.148. The summed E-state index contributed by atoms with van der Waals surface area (Å²) >= 11 is 3.14. The molecule has 0 aliphatic rings. The molecule has 0 atom stereocenters. The average molecular weight is 338 g/mol. The standard InChI is InChI=1S/C15H18N2O3S2/c1-10(2)16-13(18)9-20-14(19)7-8-21-15-17-11-5-3-4-6-12(11)22-15/h3-6,10H,7-9H2,1-2H3,(H,16,18). The molecule has 0 radical (unpaired) electrons. The van der Waals surface area contributed by atoms with Crippen molar-refractivity contribution in [3.05, 3.63) is 24.3 Å². The maximum Gasteiger partial charge on any atom is 0.307 e. The maximum absolute atomic E-state index is 11.6. The second kappa shape index (κ2) is 8.14. The molecular formula is C15H18N2O3S2. The third kappa shape index (κ3) is 5.31. The minimum absolute atomic E-state index is 0.0424. The summed E-state index contributed by atoms with van der Waals surface area (Å²) in [5.74, 6) is -0.0560. The van der Waals surface area contributed by atoms with Crippen LogP contribution in [0.4, 0.5) is 0 Å². The minimum atomic E-state index is -0.368. The first-order valence-corrected chi connectivity index (χ1v) is 8.78. The van der Waals surface area contributed by atoms with E-state index in [0.717, 1.165) is 14.6 Å². The number of rotatable bonds is 7. The highest BCUT2D eigenvalue weighted by atomic mass is 32.2. The van der Waals surface area contributed by atoms with Crippen LogP contribution < -0.4 is 5.32 Å². The SMILES string of the molecule is CC(C)NC(=O)COC(=O)CCSc1nc2ccccc2s1. The van der Waals surface area contributed by atoms with Crippen molar-refractivity contribution in [2.75, 3.05) is 12.4 Å². The van der Waals surface area contributed by atoms with Crippen molar-refractivity contribution in [1.29, 1.82) is 0 Å². The van der Waals surface area contributed by atoms with Gasteiger partial charge >= 0.3 is 5.97 Å². The van der Waals surface area contributed by atoms with E-state index in [2.05, 4.69) is 10.3 Å². The summed E-state index contributed by atoms with van der Waals surface area (Å²) in [4.78, 5) is 27.4. The Morgan fingerprint density at radius 3 is 2.86 bits per heavy atom. The first kappa shape index (κ1) is 16.8. The van der Waals surface area contributed by atoms with Gasteiger partial charge in [0.2, 0.25) is 0 Å². The van der Waals surface area contributed by atoms with E-state index in [1.54, 1.807) is 11.3 Å². The average Bonchev–Trinajstić information content (AvgIpc) is 2.87. The highest BCUT2D eigenvalue weighted by Crippen LogP contribution is 2.29. The summed E-state index contributed by atoms with van der Waals surface area (Å²) in [5, 5.41) is 2.67. The fourth-order valence-electron chi connectivity index (χ4n) is 1.72. The molecule has 0 fully saturated rings. The van der Waals surface area contributed by atoms with Crippen LogP contribution in [0.25, 0.3) is 10.2 Å². The van der Waals surface area contributed by atoms with Gasteiger partial charge in [-0.05, 0) is 26.0 Å². The van der Waals surface area contributed by atoms with E-state index in [-0.39, 0.29) is 30.9 Å². The molecule has 5 nitrogen and oxygen atoms in total. The third-order valence-electron chi connectivity index (χ3n) is 2.62. The quantitative estimate of drug-likeness (QED) is 0.621. The van der Waals surface area contributed by atoms with Crippen molar-refractivity contribution in [2.24, 2.45) is 0 Å². The van der Waals surface area contributed by atoms with Gasteiger partial charge in [0.05, 0.1) is 16.6 Å². The zero-order valence-electron chi connectivity index (χ0n) is 12.5. The van der Waals surface area contributed by atoms with E-state index in [0.29, 0.717) is 5.75 Å². The van der Waals surface area contributed by atoms with E-state index in [1.807, 2.05) is 38.1 Å². The number of aromatic nitrogens is 1. The van der Waals surface area contributed by atoms with Gasteiger partial charge in [-0.1, -0.05) is 23.9 Å². The lowest BCUT2D eigenvalue weighted by atomic mass is 10.3. The Morgan fingerprint density at radius 2 is 2.14 bits per heavy atom. The Labute approximate surface area is 137 Å². The van der Waals surface area contributed by atoms with Crippen LogP contribution in [0.3, 0.4) is 0 Å². The largest absolute Gasteiger partial charge is 0.456 e. The molecule has 0 saturated carbocycles. The molecule has 1 aromatic heterocycles. The number of thiazole rings is 1. The number of ether oxygens (including phenoxy) is 1. The van der Waals surface area contributed by atoms with Crippen LogP contribution >= 0.6 is 23.1 Å². The normalized spacial score (nSPS) is 10.9. The molecule has 2 aromatic rings. The monoisotopic (exact) mass is 338 g/mol. The number of esters is 1. The number of fused-ring (bicyclic) bond motifs is 1. The number of nitrogens with zero attached hydrogens (tertiary/aromatic N) is 1. The molecule has 7 heteroatoms. The molecule has 0 unspecified atom stereocenters. The number of carbonyl (C=O) groups is 2. The summed E-state index contributed by atoms with van der Waals surface area (Å²) in [6.45, 7) is 3.49. The molecule has 0 bridgehead atoms. The highest BCUT2D eigenvalue weighted by molar-refractivity contribution is 8.01. The fourth-order valence-corrected chi connectivity index (χ4v) is 3.77. The Balaban J connectivity index is 1.69. The Bertz CT molecular complexity index is 622. The minimum Gasteiger partial charge on any atom is -0.456 e. The van der Waals surface area contributed by atoms with Gasteiger partial charge in [-0.25, -0.2) is 4.98 Å².